The van der Waals surface area contributed by atoms with Crippen molar-refractivity contribution >= 4 is 11.1 Å². The van der Waals surface area contributed by atoms with E-state index in [4.69, 9.17) is 9.40 Å². The Balaban J connectivity index is 1.83. The molecule has 1 aromatic heterocycles. The van der Waals surface area contributed by atoms with Crippen LogP contribution in [-0.2, 0) is 6.42 Å². The summed E-state index contributed by atoms with van der Waals surface area (Å²) in [7, 11) is 0. The second-order valence-electron chi connectivity index (χ2n) is 5.79. The molecular formula is C17H23NO. The molecule has 102 valence electrons. The van der Waals surface area contributed by atoms with Gasteiger partial charge in [-0.1, -0.05) is 38.7 Å². The molecule has 0 atom stereocenters. The summed E-state index contributed by atoms with van der Waals surface area (Å²) in [6, 6.07) is 6.49. The number of hydrogen-bond acceptors (Lipinski definition) is 2. The van der Waals surface area contributed by atoms with Crippen molar-refractivity contribution in [3.05, 3.63) is 29.7 Å². The van der Waals surface area contributed by atoms with E-state index in [1.54, 1.807) is 0 Å². The summed E-state index contributed by atoms with van der Waals surface area (Å²) in [4.78, 5) is 4.74. The summed E-state index contributed by atoms with van der Waals surface area (Å²) in [6.45, 7) is 2.23. The van der Waals surface area contributed by atoms with Crippen LogP contribution in [0.1, 0.15) is 69.2 Å². The Labute approximate surface area is 115 Å². The van der Waals surface area contributed by atoms with Crippen LogP contribution in [0.3, 0.4) is 0 Å². The molecule has 0 amide bonds. The Kier molecular flexibility index (Phi) is 3.86. The van der Waals surface area contributed by atoms with Crippen molar-refractivity contribution in [3.8, 4) is 0 Å². The lowest BCUT2D eigenvalue weighted by molar-refractivity contribution is 0.373. The number of benzene rings is 1. The zero-order valence-electron chi connectivity index (χ0n) is 11.8. The van der Waals surface area contributed by atoms with E-state index < -0.39 is 0 Å². The van der Waals surface area contributed by atoms with E-state index in [0.29, 0.717) is 5.92 Å². The van der Waals surface area contributed by atoms with E-state index in [2.05, 4.69) is 25.1 Å². The third-order valence-electron chi connectivity index (χ3n) is 4.24. The van der Waals surface area contributed by atoms with Crippen molar-refractivity contribution < 1.29 is 4.42 Å². The molecule has 1 heterocycles. The van der Waals surface area contributed by atoms with Gasteiger partial charge in [-0.2, -0.15) is 0 Å². The Morgan fingerprint density at radius 2 is 2.05 bits per heavy atom. The van der Waals surface area contributed by atoms with Crippen molar-refractivity contribution in [3.63, 3.8) is 0 Å². The highest BCUT2D eigenvalue weighted by atomic mass is 16.3. The Hall–Kier alpha value is -1.31. The SMILES string of the molecule is CCCCc1ccc2oc(C3CCCCC3)nc2c1. The minimum absolute atomic E-state index is 0.556. The zero-order chi connectivity index (χ0) is 13.1. The van der Waals surface area contributed by atoms with E-state index in [1.165, 1.54) is 50.5 Å². The molecule has 1 aliphatic carbocycles. The van der Waals surface area contributed by atoms with Crippen LogP contribution in [0, 0.1) is 0 Å². The van der Waals surface area contributed by atoms with Crippen molar-refractivity contribution in [1.29, 1.82) is 0 Å². The number of aryl methyl sites for hydroxylation is 1. The van der Waals surface area contributed by atoms with Gasteiger partial charge in [-0.15, -0.1) is 0 Å². The molecule has 0 bridgehead atoms. The maximum atomic E-state index is 5.96. The fourth-order valence-corrected chi connectivity index (χ4v) is 3.05. The number of oxazole rings is 1. The van der Waals surface area contributed by atoms with Crippen LogP contribution in [-0.4, -0.2) is 4.98 Å². The van der Waals surface area contributed by atoms with Crippen LogP contribution >= 0.6 is 0 Å². The van der Waals surface area contributed by atoms with Gasteiger partial charge in [0.05, 0.1) is 0 Å². The first-order valence-corrected chi connectivity index (χ1v) is 7.76. The third kappa shape index (κ3) is 2.83. The molecule has 0 aliphatic heterocycles. The lowest BCUT2D eigenvalue weighted by Crippen LogP contribution is -2.04. The monoisotopic (exact) mass is 257 g/mol. The molecule has 1 aliphatic rings. The molecule has 0 saturated heterocycles. The second-order valence-corrected chi connectivity index (χ2v) is 5.79. The molecule has 1 fully saturated rings. The summed E-state index contributed by atoms with van der Waals surface area (Å²) in [5, 5.41) is 0. The predicted octanol–water partition coefficient (Wildman–Crippen LogP) is 5.22. The average Bonchev–Trinajstić information content (AvgIpc) is 2.89. The molecule has 0 N–H and O–H groups in total. The molecule has 2 nitrogen and oxygen atoms in total. The third-order valence-corrected chi connectivity index (χ3v) is 4.24. The molecule has 0 unspecified atom stereocenters. The zero-order valence-corrected chi connectivity index (χ0v) is 11.8. The second kappa shape index (κ2) is 5.77. The lowest BCUT2D eigenvalue weighted by Gasteiger charge is -2.17. The average molecular weight is 257 g/mol. The van der Waals surface area contributed by atoms with E-state index >= 15 is 0 Å². The summed E-state index contributed by atoms with van der Waals surface area (Å²) >= 11 is 0. The standard InChI is InChI=1S/C17H23NO/c1-2-3-7-13-10-11-16-15(12-13)18-17(19-16)14-8-5-4-6-9-14/h10-12,14H,2-9H2,1H3. The van der Waals surface area contributed by atoms with E-state index in [9.17, 15) is 0 Å². The minimum Gasteiger partial charge on any atom is -0.440 e. The van der Waals surface area contributed by atoms with Gasteiger partial charge >= 0.3 is 0 Å². The largest absolute Gasteiger partial charge is 0.440 e. The molecule has 2 heteroatoms. The smallest absolute Gasteiger partial charge is 0.198 e. The maximum absolute atomic E-state index is 5.96. The van der Waals surface area contributed by atoms with Gasteiger partial charge in [0.2, 0.25) is 0 Å². The first kappa shape index (κ1) is 12.7. The first-order chi connectivity index (χ1) is 9.36. The fourth-order valence-electron chi connectivity index (χ4n) is 3.05. The van der Waals surface area contributed by atoms with Gasteiger partial charge in [-0.3, -0.25) is 0 Å². The fraction of sp³-hybridized carbons (Fsp3) is 0.588. The number of aromatic nitrogens is 1. The van der Waals surface area contributed by atoms with Gasteiger partial charge in [0.15, 0.2) is 11.5 Å². The molecule has 1 aromatic carbocycles. The Morgan fingerprint density at radius 3 is 2.84 bits per heavy atom. The Morgan fingerprint density at radius 1 is 1.21 bits per heavy atom. The molecular weight excluding hydrogens is 234 g/mol. The highest BCUT2D eigenvalue weighted by molar-refractivity contribution is 5.73. The van der Waals surface area contributed by atoms with Gasteiger partial charge in [0.25, 0.3) is 0 Å². The van der Waals surface area contributed by atoms with Gasteiger partial charge in [0, 0.05) is 5.92 Å². The van der Waals surface area contributed by atoms with Gasteiger partial charge < -0.3 is 4.42 Å². The molecule has 0 spiro atoms. The first-order valence-electron chi connectivity index (χ1n) is 7.76. The molecule has 0 radical (unpaired) electrons. The normalized spacial score (nSPS) is 17.1. The van der Waals surface area contributed by atoms with E-state index in [1.807, 2.05) is 0 Å². The summed E-state index contributed by atoms with van der Waals surface area (Å²) < 4.78 is 5.96. The van der Waals surface area contributed by atoms with Crippen LogP contribution in [0.4, 0.5) is 0 Å². The summed E-state index contributed by atoms with van der Waals surface area (Å²) in [5.74, 6) is 1.53. The molecule has 1 saturated carbocycles. The van der Waals surface area contributed by atoms with Crippen molar-refractivity contribution in [2.45, 2.75) is 64.2 Å². The maximum Gasteiger partial charge on any atom is 0.198 e. The summed E-state index contributed by atoms with van der Waals surface area (Å²) in [6.07, 6.45) is 10.2. The van der Waals surface area contributed by atoms with Gasteiger partial charge in [0.1, 0.15) is 5.52 Å². The number of unbranched alkanes of at least 4 members (excludes halogenated alkanes) is 1. The molecule has 2 aromatic rings. The van der Waals surface area contributed by atoms with Crippen molar-refractivity contribution in [2.24, 2.45) is 0 Å². The number of nitrogens with zero attached hydrogens (tertiary/aromatic N) is 1. The van der Waals surface area contributed by atoms with Crippen molar-refractivity contribution in [1.82, 2.24) is 4.98 Å². The topological polar surface area (TPSA) is 26.0 Å². The van der Waals surface area contributed by atoms with Crippen LogP contribution < -0.4 is 0 Å². The van der Waals surface area contributed by atoms with Crippen LogP contribution in [0.15, 0.2) is 22.6 Å². The predicted molar refractivity (Wildman–Crippen MR) is 78.4 cm³/mol. The van der Waals surface area contributed by atoms with Gasteiger partial charge in [-0.25, -0.2) is 4.98 Å². The Bertz CT molecular complexity index is 537. The quantitative estimate of drug-likeness (QED) is 0.750. The van der Waals surface area contributed by atoms with Crippen LogP contribution in [0.5, 0.6) is 0 Å². The number of rotatable bonds is 4. The summed E-state index contributed by atoms with van der Waals surface area (Å²) in [5.41, 5.74) is 3.40. The lowest BCUT2D eigenvalue weighted by atomic mass is 9.89. The highest BCUT2D eigenvalue weighted by Gasteiger charge is 2.20. The van der Waals surface area contributed by atoms with E-state index in [0.717, 1.165) is 23.4 Å². The molecule has 19 heavy (non-hydrogen) atoms. The number of fused-ring (bicyclic) bond motifs is 1. The van der Waals surface area contributed by atoms with Crippen LogP contribution in [0.2, 0.25) is 0 Å². The van der Waals surface area contributed by atoms with E-state index in [-0.39, 0.29) is 0 Å². The minimum atomic E-state index is 0.556. The number of hydrogen-bond donors (Lipinski definition) is 0. The van der Waals surface area contributed by atoms with Crippen molar-refractivity contribution in [2.75, 3.05) is 0 Å². The van der Waals surface area contributed by atoms with Gasteiger partial charge in [-0.05, 0) is 43.4 Å². The van der Waals surface area contributed by atoms with Crippen LogP contribution in [0.25, 0.3) is 11.1 Å². The molecule has 3 rings (SSSR count). The highest BCUT2D eigenvalue weighted by Crippen LogP contribution is 2.33.